The predicted molar refractivity (Wildman–Crippen MR) is 56.5 cm³/mol. The van der Waals surface area contributed by atoms with Crippen molar-refractivity contribution < 1.29 is 13.9 Å². The molecule has 1 unspecified atom stereocenters. The summed E-state index contributed by atoms with van der Waals surface area (Å²) in [5.41, 5.74) is -0.508. The smallest absolute Gasteiger partial charge is 0.410 e. The number of likely N-dealkylation sites (tertiary alicyclic amines) is 1. The van der Waals surface area contributed by atoms with Gasteiger partial charge in [0.25, 0.3) is 0 Å². The molecule has 1 rings (SSSR count). The van der Waals surface area contributed by atoms with E-state index in [4.69, 9.17) is 4.74 Å². The second-order valence-electron chi connectivity index (χ2n) is 5.21. The summed E-state index contributed by atoms with van der Waals surface area (Å²) in [4.78, 5) is 13.1. The molecule has 0 aliphatic carbocycles. The number of halogens is 1. The standard InChI is InChI=1S/C11H20FNO2/c1-8-5-6-13(7-9(8)12)10(14)15-11(2,3)4/h8-9H,5-7H2,1-4H3/t8-,9?/m1/s1. The molecule has 88 valence electrons. The molecule has 0 spiro atoms. The molecular formula is C11H20FNO2. The van der Waals surface area contributed by atoms with Gasteiger partial charge < -0.3 is 9.64 Å². The number of hydrogen-bond acceptors (Lipinski definition) is 2. The molecule has 2 atom stereocenters. The predicted octanol–water partition coefficient (Wildman–Crippen LogP) is 2.60. The molecule has 1 heterocycles. The van der Waals surface area contributed by atoms with Crippen molar-refractivity contribution in [3.05, 3.63) is 0 Å². The molecule has 0 radical (unpaired) electrons. The number of alkyl halides is 1. The first kappa shape index (κ1) is 12.3. The number of nitrogens with zero attached hydrogens (tertiary/aromatic N) is 1. The van der Waals surface area contributed by atoms with Crippen LogP contribution in [0.4, 0.5) is 9.18 Å². The molecule has 1 amide bonds. The van der Waals surface area contributed by atoms with E-state index in [9.17, 15) is 9.18 Å². The van der Waals surface area contributed by atoms with Crippen LogP contribution in [0.3, 0.4) is 0 Å². The van der Waals surface area contributed by atoms with Crippen LogP contribution in [0.1, 0.15) is 34.1 Å². The fourth-order valence-corrected chi connectivity index (χ4v) is 1.51. The van der Waals surface area contributed by atoms with E-state index in [1.165, 1.54) is 4.90 Å². The van der Waals surface area contributed by atoms with E-state index in [-0.39, 0.29) is 12.5 Å². The number of piperidine rings is 1. The number of rotatable bonds is 0. The largest absolute Gasteiger partial charge is 0.444 e. The molecule has 1 aliphatic rings. The number of amides is 1. The summed E-state index contributed by atoms with van der Waals surface area (Å²) in [7, 11) is 0. The maximum absolute atomic E-state index is 13.4. The third-order valence-corrected chi connectivity index (χ3v) is 2.52. The van der Waals surface area contributed by atoms with Crippen molar-refractivity contribution in [3.8, 4) is 0 Å². The number of carbonyl (C=O) groups is 1. The molecule has 1 aliphatic heterocycles. The Labute approximate surface area is 90.6 Å². The van der Waals surface area contributed by atoms with Crippen molar-refractivity contribution in [2.24, 2.45) is 5.92 Å². The van der Waals surface area contributed by atoms with Gasteiger partial charge in [-0.1, -0.05) is 6.92 Å². The van der Waals surface area contributed by atoms with Gasteiger partial charge in [0.1, 0.15) is 11.8 Å². The van der Waals surface area contributed by atoms with Gasteiger partial charge in [-0.05, 0) is 33.1 Å². The minimum atomic E-state index is -0.925. The molecule has 0 aromatic heterocycles. The van der Waals surface area contributed by atoms with E-state index < -0.39 is 17.9 Å². The third kappa shape index (κ3) is 3.68. The Balaban J connectivity index is 2.48. The number of carbonyl (C=O) groups excluding carboxylic acids is 1. The van der Waals surface area contributed by atoms with E-state index in [1.54, 1.807) is 0 Å². The summed E-state index contributed by atoms with van der Waals surface area (Å²) in [5.74, 6) is 0.0451. The van der Waals surface area contributed by atoms with Crippen LogP contribution in [0.15, 0.2) is 0 Å². The highest BCUT2D eigenvalue weighted by atomic mass is 19.1. The van der Waals surface area contributed by atoms with Crippen LogP contribution in [-0.4, -0.2) is 35.9 Å². The Morgan fingerprint density at radius 2 is 2.07 bits per heavy atom. The summed E-state index contributed by atoms with van der Waals surface area (Å²) < 4.78 is 18.6. The maximum atomic E-state index is 13.4. The van der Waals surface area contributed by atoms with E-state index in [1.807, 2.05) is 27.7 Å². The molecule has 0 bridgehead atoms. The zero-order valence-corrected chi connectivity index (χ0v) is 9.92. The average Bonchev–Trinajstić information content (AvgIpc) is 2.06. The Morgan fingerprint density at radius 3 is 2.53 bits per heavy atom. The van der Waals surface area contributed by atoms with Gasteiger partial charge in [-0.2, -0.15) is 0 Å². The van der Waals surface area contributed by atoms with Crippen LogP contribution >= 0.6 is 0 Å². The van der Waals surface area contributed by atoms with Crippen molar-refractivity contribution in [2.75, 3.05) is 13.1 Å². The van der Waals surface area contributed by atoms with Crippen LogP contribution in [0.25, 0.3) is 0 Å². The van der Waals surface area contributed by atoms with Gasteiger partial charge in [0.15, 0.2) is 0 Å². The Kier molecular flexibility index (Phi) is 3.58. The van der Waals surface area contributed by atoms with Crippen LogP contribution in [-0.2, 0) is 4.74 Å². The second kappa shape index (κ2) is 4.37. The Bertz CT molecular complexity index is 237. The van der Waals surface area contributed by atoms with Crippen molar-refractivity contribution in [1.82, 2.24) is 4.90 Å². The van der Waals surface area contributed by atoms with E-state index in [0.717, 1.165) is 0 Å². The lowest BCUT2D eigenvalue weighted by Gasteiger charge is -2.34. The highest BCUT2D eigenvalue weighted by Gasteiger charge is 2.31. The molecule has 0 N–H and O–H groups in total. The number of hydrogen-bond donors (Lipinski definition) is 0. The lowest BCUT2D eigenvalue weighted by atomic mass is 9.98. The summed E-state index contributed by atoms with van der Waals surface area (Å²) >= 11 is 0. The molecule has 4 heteroatoms. The van der Waals surface area contributed by atoms with Crippen molar-refractivity contribution >= 4 is 6.09 Å². The quantitative estimate of drug-likeness (QED) is 0.624. The molecule has 0 aromatic carbocycles. The first-order valence-electron chi connectivity index (χ1n) is 5.41. The van der Waals surface area contributed by atoms with E-state index in [2.05, 4.69) is 0 Å². The summed E-state index contributed by atoms with van der Waals surface area (Å²) in [6.45, 7) is 8.06. The fraction of sp³-hybridized carbons (Fsp3) is 0.909. The van der Waals surface area contributed by atoms with Crippen molar-refractivity contribution in [3.63, 3.8) is 0 Å². The monoisotopic (exact) mass is 217 g/mol. The summed E-state index contributed by atoms with van der Waals surface area (Å²) in [5, 5.41) is 0. The van der Waals surface area contributed by atoms with Gasteiger partial charge in [-0.3, -0.25) is 0 Å². The van der Waals surface area contributed by atoms with E-state index >= 15 is 0 Å². The van der Waals surface area contributed by atoms with Gasteiger partial charge >= 0.3 is 6.09 Å². The highest BCUT2D eigenvalue weighted by molar-refractivity contribution is 5.68. The molecule has 15 heavy (non-hydrogen) atoms. The van der Waals surface area contributed by atoms with Gasteiger partial charge in [-0.15, -0.1) is 0 Å². The summed E-state index contributed by atoms with van der Waals surface area (Å²) in [6, 6.07) is 0. The fourth-order valence-electron chi connectivity index (χ4n) is 1.51. The van der Waals surface area contributed by atoms with E-state index in [0.29, 0.717) is 13.0 Å². The zero-order valence-electron chi connectivity index (χ0n) is 9.92. The third-order valence-electron chi connectivity index (χ3n) is 2.52. The van der Waals surface area contributed by atoms with Crippen molar-refractivity contribution in [2.45, 2.75) is 45.9 Å². The van der Waals surface area contributed by atoms with Gasteiger partial charge in [0.05, 0.1) is 6.54 Å². The second-order valence-corrected chi connectivity index (χ2v) is 5.21. The van der Waals surface area contributed by atoms with Crippen LogP contribution in [0.5, 0.6) is 0 Å². The van der Waals surface area contributed by atoms with Crippen LogP contribution in [0, 0.1) is 5.92 Å². The lowest BCUT2D eigenvalue weighted by molar-refractivity contribution is 0.00709. The Hall–Kier alpha value is -0.800. The van der Waals surface area contributed by atoms with Gasteiger partial charge in [0.2, 0.25) is 0 Å². The molecule has 1 saturated heterocycles. The first-order valence-corrected chi connectivity index (χ1v) is 5.41. The number of ether oxygens (including phenoxy) is 1. The molecular weight excluding hydrogens is 197 g/mol. The highest BCUT2D eigenvalue weighted by Crippen LogP contribution is 2.21. The van der Waals surface area contributed by atoms with Gasteiger partial charge in [0, 0.05) is 6.54 Å². The van der Waals surface area contributed by atoms with Crippen LogP contribution in [0.2, 0.25) is 0 Å². The Morgan fingerprint density at radius 1 is 1.47 bits per heavy atom. The van der Waals surface area contributed by atoms with Crippen molar-refractivity contribution in [1.29, 1.82) is 0 Å². The SMILES string of the molecule is C[C@@H]1CCN(C(=O)OC(C)(C)C)CC1F. The average molecular weight is 217 g/mol. The van der Waals surface area contributed by atoms with Crippen LogP contribution < -0.4 is 0 Å². The first-order chi connectivity index (χ1) is 6.79. The lowest BCUT2D eigenvalue weighted by Crippen LogP contribution is -2.46. The normalized spacial score (nSPS) is 27.7. The zero-order chi connectivity index (χ0) is 11.6. The topological polar surface area (TPSA) is 29.5 Å². The molecule has 1 fully saturated rings. The molecule has 0 aromatic rings. The summed E-state index contributed by atoms with van der Waals surface area (Å²) in [6.07, 6.45) is -0.622. The van der Waals surface area contributed by atoms with Gasteiger partial charge in [-0.25, -0.2) is 9.18 Å². The maximum Gasteiger partial charge on any atom is 0.410 e. The molecule has 3 nitrogen and oxygen atoms in total. The minimum Gasteiger partial charge on any atom is -0.444 e. The minimum absolute atomic E-state index is 0.0451. The molecule has 0 saturated carbocycles.